The predicted octanol–water partition coefficient (Wildman–Crippen LogP) is 2.22. The number of aromatic nitrogens is 2. The first-order valence-corrected chi connectivity index (χ1v) is 12.0. The van der Waals surface area contributed by atoms with Crippen LogP contribution < -0.4 is 11.1 Å². The van der Waals surface area contributed by atoms with Gasteiger partial charge in [-0.3, -0.25) is 9.79 Å². The van der Waals surface area contributed by atoms with Crippen LogP contribution in [0.5, 0.6) is 0 Å². The predicted molar refractivity (Wildman–Crippen MR) is 129 cm³/mol. The first kappa shape index (κ1) is 24.3. The molecule has 1 atom stereocenters. The number of nitrogens with zero attached hydrogens (tertiary/aromatic N) is 5. The second-order valence-electron chi connectivity index (χ2n) is 9.11. The zero-order valence-electron chi connectivity index (χ0n) is 19.6. The van der Waals surface area contributed by atoms with Crippen LogP contribution in [0.15, 0.2) is 47.7 Å². The summed E-state index contributed by atoms with van der Waals surface area (Å²) in [7, 11) is -2.45. The molecule has 35 heavy (non-hydrogen) atoms. The highest BCUT2D eigenvalue weighted by molar-refractivity contribution is 7.91. The van der Waals surface area contributed by atoms with Crippen molar-refractivity contribution in [2.24, 2.45) is 10.7 Å². The van der Waals surface area contributed by atoms with Crippen molar-refractivity contribution in [3.8, 4) is 6.07 Å². The van der Waals surface area contributed by atoms with E-state index in [0.29, 0.717) is 11.2 Å². The molecule has 1 unspecified atom stereocenters. The molecule has 182 valence electrons. The zero-order valence-corrected chi connectivity index (χ0v) is 20.4. The van der Waals surface area contributed by atoms with Crippen LogP contribution in [-0.4, -0.2) is 52.2 Å². The molecule has 12 heteroatoms. The number of sulfonamides is 1. The van der Waals surface area contributed by atoms with E-state index < -0.39 is 32.0 Å². The summed E-state index contributed by atoms with van der Waals surface area (Å²) < 4.78 is 42.1. The normalized spacial score (nSPS) is 21.7. The van der Waals surface area contributed by atoms with Gasteiger partial charge >= 0.3 is 0 Å². The maximum absolute atomic E-state index is 15.0. The van der Waals surface area contributed by atoms with Crippen molar-refractivity contribution < 1.29 is 17.6 Å². The number of hydrogen-bond acceptors (Lipinski definition) is 7. The van der Waals surface area contributed by atoms with Crippen LogP contribution in [0, 0.1) is 17.1 Å². The number of benzene rings is 1. The number of likely N-dealkylation sites (N-methyl/N-ethyl adjacent to an activating group) is 1. The summed E-state index contributed by atoms with van der Waals surface area (Å²) in [5.74, 6) is -1.30. The smallest absolute Gasteiger partial charge is 0.275 e. The Morgan fingerprint density at radius 3 is 2.66 bits per heavy atom. The lowest BCUT2D eigenvalue weighted by atomic mass is 9.91. The third-order valence-corrected chi connectivity index (χ3v) is 8.64. The van der Waals surface area contributed by atoms with E-state index in [0.717, 1.165) is 4.31 Å². The van der Waals surface area contributed by atoms with Crippen LogP contribution in [-0.2, 0) is 15.6 Å². The van der Waals surface area contributed by atoms with E-state index in [2.05, 4.69) is 15.3 Å². The number of nitrogens with two attached hydrogens (primary N) is 1. The largest absolute Gasteiger partial charge is 0.386 e. The van der Waals surface area contributed by atoms with E-state index in [-0.39, 0.29) is 29.3 Å². The molecule has 0 saturated heterocycles. The van der Waals surface area contributed by atoms with Crippen molar-refractivity contribution in [3.63, 3.8) is 0 Å². The van der Waals surface area contributed by atoms with Crippen LogP contribution in [0.4, 0.5) is 10.1 Å². The number of pyridine rings is 1. The van der Waals surface area contributed by atoms with Crippen LogP contribution >= 0.6 is 0 Å². The van der Waals surface area contributed by atoms with Crippen molar-refractivity contribution in [3.05, 3.63) is 65.4 Å². The van der Waals surface area contributed by atoms with Crippen molar-refractivity contribution in [2.75, 3.05) is 18.9 Å². The molecule has 10 nitrogen and oxygen atoms in total. The summed E-state index contributed by atoms with van der Waals surface area (Å²) in [4.78, 5) is 21.5. The molecule has 0 bridgehead atoms. The summed E-state index contributed by atoms with van der Waals surface area (Å²) in [6.45, 7) is 4.34. The Balaban J connectivity index is 1.69. The number of hydrogen-bond donors (Lipinski definition) is 2. The number of aliphatic imine (C=N–C) groups is 1. The number of amides is 1. The Kier molecular flexibility index (Phi) is 5.65. The van der Waals surface area contributed by atoms with Crippen molar-refractivity contribution in [1.29, 1.82) is 5.26 Å². The molecule has 3 N–H and O–H groups in total. The van der Waals surface area contributed by atoms with Crippen molar-refractivity contribution in [2.45, 2.75) is 31.1 Å². The van der Waals surface area contributed by atoms with Gasteiger partial charge in [-0.2, -0.15) is 5.26 Å². The Labute approximate surface area is 201 Å². The molecule has 3 aromatic rings. The molecule has 3 heterocycles. The average Bonchev–Trinajstić information content (AvgIpc) is 3.21. The van der Waals surface area contributed by atoms with Crippen LogP contribution in [0.3, 0.4) is 0 Å². The van der Waals surface area contributed by atoms with Gasteiger partial charge in [-0.1, -0.05) is 0 Å². The number of nitriles is 1. The lowest BCUT2D eigenvalue weighted by Gasteiger charge is -2.29. The Bertz CT molecular complexity index is 1540. The quantitative estimate of drug-likeness (QED) is 0.567. The zero-order chi connectivity index (χ0) is 25.8. The number of carbonyl (C=O) groups excluding carboxylic acids is 1. The standard InChI is InChI=1S/C23H24FN7O3S/c1-22(2)21(26)29-23(3,13-30(4)35(22,33)34)16-10-15(5-6-17(16)24)27-20(32)18-12-31-8-7-14(11-25)9-19(31)28-18/h5-10,12H,13H2,1-4H3,(H2,26,29)(H,27,32). The summed E-state index contributed by atoms with van der Waals surface area (Å²) in [6.07, 6.45) is 3.13. The van der Waals surface area contributed by atoms with E-state index in [1.807, 2.05) is 6.07 Å². The molecule has 0 saturated carbocycles. The first-order valence-electron chi connectivity index (χ1n) is 10.6. The van der Waals surface area contributed by atoms with E-state index in [1.54, 1.807) is 29.7 Å². The molecule has 1 aliphatic rings. The fourth-order valence-corrected chi connectivity index (χ4v) is 5.50. The van der Waals surface area contributed by atoms with Crippen LogP contribution in [0.2, 0.25) is 0 Å². The van der Waals surface area contributed by atoms with Gasteiger partial charge in [0, 0.05) is 37.2 Å². The van der Waals surface area contributed by atoms with Gasteiger partial charge in [0.25, 0.3) is 5.91 Å². The molecule has 2 aromatic heterocycles. The summed E-state index contributed by atoms with van der Waals surface area (Å²) in [5.41, 5.74) is 6.02. The number of anilines is 1. The van der Waals surface area contributed by atoms with E-state index >= 15 is 4.39 Å². The van der Waals surface area contributed by atoms with Gasteiger partial charge in [0.2, 0.25) is 10.0 Å². The second-order valence-corrected chi connectivity index (χ2v) is 11.7. The summed E-state index contributed by atoms with van der Waals surface area (Å²) in [5, 5.41) is 11.7. The van der Waals surface area contributed by atoms with Gasteiger partial charge in [0.15, 0.2) is 0 Å². The monoisotopic (exact) mass is 497 g/mol. The highest BCUT2D eigenvalue weighted by atomic mass is 32.2. The number of nitrogens with one attached hydrogen (secondary N) is 1. The van der Waals surface area contributed by atoms with Gasteiger partial charge in [-0.25, -0.2) is 22.1 Å². The second kappa shape index (κ2) is 8.14. The number of fused-ring (bicyclic) bond motifs is 1. The lowest BCUT2D eigenvalue weighted by Crippen LogP contribution is -2.50. The minimum Gasteiger partial charge on any atom is -0.386 e. The minimum absolute atomic E-state index is 0.0756. The summed E-state index contributed by atoms with van der Waals surface area (Å²) >= 11 is 0. The van der Waals surface area contributed by atoms with Gasteiger partial charge in [0.1, 0.15) is 33.3 Å². The minimum atomic E-state index is -3.85. The molecule has 0 radical (unpaired) electrons. The first-order chi connectivity index (χ1) is 16.3. The summed E-state index contributed by atoms with van der Waals surface area (Å²) in [6, 6.07) is 9.13. The fourth-order valence-electron chi connectivity index (χ4n) is 3.99. The van der Waals surface area contributed by atoms with E-state index in [1.165, 1.54) is 45.3 Å². The Hall–Kier alpha value is -3.82. The van der Waals surface area contributed by atoms with Gasteiger partial charge in [0.05, 0.1) is 11.6 Å². The Morgan fingerprint density at radius 1 is 1.26 bits per heavy atom. The number of rotatable bonds is 3. The topological polar surface area (TPSA) is 146 Å². The van der Waals surface area contributed by atoms with Gasteiger partial charge in [-0.15, -0.1) is 0 Å². The molecule has 1 aliphatic heterocycles. The number of carbonyl (C=O) groups is 1. The number of halogens is 1. The maximum Gasteiger partial charge on any atom is 0.275 e. The third kappa shape index (κ3) is 4.02. The van der Waals surface area contributed by atoms with Gasteiger partial charge < -0.3 is 15.5 Å². The van der Waals surface area contributed by atoms with E-state index in [9.17, 15) is 13.2 Å². The molecule has 0 spiro atoms. The van der Waals surface area contributed by atoms with Crippen molar-refractivity contribution >= 4 is 33.1 Å². The molecule has 0 fully saturated rings. The lowest BCUT2D eigenvalue weighted by molar-refractivity contribution is 0.102. The molecule has 0 aliphatic carbocycles. The van der Waals surface area contributed by atoms with Gasteiger partial charge in [-0.05, 0) is 51.1 Å². The van der Waals surface area contributed by atoms with Crippen molar-refractivity contribution in [1.82, 2.24) is 13.7 Å². The Morgan fingerprint density at radius 2 is 1.97 bits per heavy atom. The van der Waals surface area contributed by atoms with Crippen LogP contribution in [0.1, 0.15) is 42.4 Å². The number of amidine groups is 1. The molecule has 1 aromatic carbocycles. The molecule has 1 amide bonds. The SMILES string of the molecule is CN1CC(C)(c2cc(NC(=O)c3cn4ccc(C#N)cc4n3)ccc2F)N=C(N)C(C)(C)S1(=O)=O. The molecular formula is C23H24FN7O3S. The highest BCUT2D eigenvalue weighted by Gasteiger charge is 2.48. The highest BCUT2D eigenvalue weighted by Crippen LogP contribution is 2.36. The molecule has 4 rings (SSSR count). The third-order valence-electron chi connectivity index (χ3n) is 6.20. The average molecular weight is 498 g/mol. The maximum atomic E-state index is 15.0. The fraction of sp³-hybridized carbons (Fsp3) is 0.304. The molecular weight excluding hydrogens is 473 g/mol. The van der Waals surface area contributed by atoms with E-state index in [4.69, 9.17) is 11.0 Å². The van der Waals surface area contributed by atoms with Crippen LogP contribution in [0.25, 0.3) is 5.65 Å². The number of imidazole rings is 1.